The molecule has 0 unspecified atom stereocenters. The van der Waals surface area contributed by atoms with Crippen LogP contribution in [0.4, 0.5) is 5.82 Å². The van der Waals surface area contributed by atoms with Crippen LogP contribution in [0, 0.1) is 6.92 Å². The van der Waals surface area contributed by atoms with Crippen LogP contribution in [0.2, 0.25) is 0 Å². The van der Waals surface area contributed by atoms with Gasteiger partial charge in [-0.25, -0.2) is 4.98 Å². The zero-order chi connectivity index (χ0) is 18.9. The van der Waals surface area contributed by atoms with Crippen molar-refractivity contribution in [2.24, 2.45) is 0 Å². The predicted molar refractivity (Wildman–Crippen MR) is 112 cm³/mol. The second-order valence-electron chi connectivity index (χ2n) is 6.87. The molecule has 4 heteroatoms. The summed E-state index contributed by atoms with van der Waals surface area (Å²) in [6.07, 6.45) is 10.5. The summed E-state index contributed by atoms with van der Waals surface area (Å²) in [6.45, 7) is 6.14. The van der Waals surface area contributed by atoms with Gasteiger partial charge >= 0.3 is 0 Å². The first-order valence-corrected chi connectivity index (χ1v) is 9.81. The molecule has 0 saturated carbocycles. The van der Waals surface area contributed by atoms with Crippen LogP contribution in [-0.4, -0.2) is 21.5 Å². The second kappa shape index (κ2) is 9.81. The van der Waals surface area contributed by atoms with Crippen LogP contribution in [0.1, 0.15) is 43.9 Å². The molecule has 0 radical (unpaired) electrons. The highest BCUT2D eigenvalue weighted by Crippen LogP contribution is 2.21. The SMILES string of the molecule is CCCCCCN(Cc1ncccc1C)c1ccc(-c2ccccn2)cn1. The monoisotopic (exact) mass is 360 g/mol. The van der Waals surface area contributed by atoms with Crippen LogP contribution in [0.5, 0.6) is 0 Å². The van der Waals surface area contributed by atoms with Crippen molar-refractivity contribution < 1.29 is 0 Å². The molecule has 0 aliphatic heterocycles. The lowest BCUT2D eigenvalue weighted by Crippen LogP contribution is -2.25. The van der Waals surface area contributed by atoms with Gasteiger partial charge in [0.25, 0.3) is 0 Å². The number of aryl methyl sites for hydroxylation is 1. The van der Waals surface area contributed by atoms with E-state index in [2.05, 4.69) is 46.9 Å². The third kappa shape index (κ3) is 5.36. The Hall–Kier alpha value is -2.75. The second-order valence-corrected chi connectivity index (χ2v) is 6.87. The van der Waals surface area contributed by atoms with Gasteiger partial charge in [-0.05, 0) is 49.2 Å². The first-order chi connectivity index (χ1) is 13.3. The molecule has 0 bridgehead atoms. The van der Waals surface area contributed by atoms with Crippen LogP contribution >= 0.6 is 0 Å². The maximum Gasteiger partial charge on any atom is 0.128 e. The fraction of sp³-hybridized carbons (Fsp3) is 0.348. The minimum absolute atomic E-state index is 0.786. The third-order valence-electron chi connectivity index (χ3n) is 4.77. The van der Waals surface area contributed by atoms with E-state index in [1.165, 1.54) is 31.2 Å². The van der Waals surface area contributed by atoms with Crippen LogP contribution < -0.4 is 4.90 Å². The molecule has 0 amide bonds. The lowest BCUT2D eigenvalue weighted by molar-refractivity contribution is 0.635. The summed E-state index contributed by atoms with van der Waals surface area (Å²) in [5.41, 5.74) is 4.33. The van der Waals surface area contributed by atoms with Gasteiger partial charge in [-0.15, -0.1) is 0 Å². The van der Waals surface area contributed by atoms with Gasteiger partial charge in [0.2, 0.25) is 0 Å². The molecule has 3 aromatic rings. The average molecular weight is 361 g/mol. The molecule has 0 N–H and O–H groups in total. The number of pyridine rings is 3. The zero-order valence-electron chi connectivity index (χ0n) is 16.3. The van der Waals surface area contributed by atoms with Gasteiger partial charge in [0.1, 0.15) is 5.82 Å². The Bertz CT molecular complexity index is 815. The van der Waals surface area contributed by atoms with E-state index >= 15 is 0 Å². The van der Waals surface area contributed by atoms with Crippen molar-refractivity contribution in [3.8, 4) is 11.3 Å². The Balaban J connectivity index is 1.77. The summed E-state index contributed by atoms with van der Waals surface area (Å²) in [4.78, 5) is 16.1. The van der Waals surface area contributed by atoms with Crippen molar-refractivity contribution in [2.45, 2.75) is 46.1 Å². The molecule has 0 saturated heterocycles. The molecule has 0 aliphatic carbocycles. The summed E-state index contributed by atoms with van der Waals surface area (Å²) in [5, 5.41) is 0. The van der Waals surface area contributed by atoms with Gasteiger partial charge < -0.3 is 4.90 Å². The van der Waals surface area contributed by atoms with Crippen LogP contribution in [0.3, 0.4) is 0 Å². The number of aromatic nitrogens is 3. The fourth-order valence-electron chi connectivity index (χ4n) is 3.13. The van der Waals surface area contributed by atoms with Crippen molar-refractivity contribution in [1.82, 2.24) is 15.0 Å². The average Bonchev–Trinajstić information content (AvgIpc) is 2.72. The first-order valence-electron chi connectivity index (χ1n) is 9.81. The summed E-state index contributed by atoms with van der Waals surface area (Å²) in [6, 6.07) is 14.3. The van der Waals surface area contributed by atoms with Crippen molar-refractivity contribution in [3.63, 3.8) is 0 Å². The third-order valence-corrected chi connectivity index (χ3v) is 4.77. The summed E-state index contributed by atoms with van der Waals surface area (Å²) < 4.78 is 0. The Morgan fingerprint density at radius 1 is 0.852 bits per heavy atom. The van der Waals surface area contributed by atoms with Crippen LogP contribution in [-0.2, 0) is 6.54 Å². The molecule has 0 aliphatic rings. The molecule has 0 aromatic carbocycles. The molecular formula is C23H28N4. The molecule has 140 valence electrons. The maximum atomic E-state index is 4.74. The summed E-state index contributed by atoms with van der Waals surface area (Å²) in [5.74, 6) is 0.997. The Morgan fingerprint density at radius 2 is 1.74 bits per heavy atom. The highest BCUT2D eigenvalue weighted by Gasteiger charge is 2.11. The minimum Gasteiger partial charge on any atom is -0.351 e. The van der Waals surface area contributed by atoms with E-state index in [4.69, 9.17) is 4.98 Å². The van der Waals surface area contributed by atoms with Crippen molar-refractivity contribution in [3.05, 3.63) is 72.3 Å². The van der Waals surface area contributed by atoms with Crippen molar-refractivity contribution in [2.75, 3.05) is 11.4 Å². The topological polar surface area (TPSA) is 41.9 Å². The van der Waals surface area contributed by atoms with Gasteiger partial charge in [-0.3, -0.25) is 9.97 Å². The number of anilines is 1. The van der Waals surface area contributed by atoms with E-state index in [0.717, 1.165) is 35.9 Å². The van der Waals surface area contributed by atoms with Crippen molar-refractivity contribution >= 4 is 5.82 Å². The van der Waals surface area contributed by atoms with Gasteiger partial charge in [0, 0.05) is 30.7 Å². The zero-order valence-corrected chi connectivity index (χ0v) is 16.3. The lowest BCUT2D eigenvalue weighted by atomic mass is 10.1. The number of nitrogens with zero attached hydrogens (tertiary/aromatic N) is 4. The van der Waals surface area contributed by atoms with Gasteiger partial charge in [-0.1, -0.05) is 38.3 Å². The summed E-state index contributed by atoms with van der Waals surface area (Å²) in [7, 11) is 0. The molecular weight excluding hydrogens is 332 g/mol. The Kier molecular flexibility index (Phi) is 6.91. The molecule has 3 rings (SSSR count). The minimum atomic E-state index is 0.786. The summed E-state index contributed by atoms with van der Waals surface area (Å²) >= 11 is 0. The van der Waals surface area contributed by atoms with E-state index in [1.54, 1.807) is 0 Å². The number of unbranched alkanes of at least 4 members (excludes halogenated alkanes) is 3. The fourth-order valence-corrected chi connectivity index (χ4v) is 3.13. The van der Waals surface area contributed by atoms with Gasteiger partial charge in [0.05, 0.1) is 17.9 Å². The van der Waals surface area contributed by atoms with Crippen molar-refractivity contribution in [1.29, 1.82) is 0 Å². The van der Waals surface area contributed by atoms with Gasteiger partial charge in [0.15, 0.2) is 0 Å². The van der Waals surface area contributed by atoms with Gasteiger partial charge in [-0.2, -0.15) is 0 Å². The van der Waals surface area contributed by atoms with E-state index in [-0.39, 0.29) is 0 Å². The molecule has 0 spiro atoms. The molecule has 3 heterocycles. The maximum absolute atomic E-state index is 4.74. The predicted octanol–water partition coefficient (Wildman–Crippen LogP) is 5.43. The lowest BCUT2D eigenvalue weighted by Gasteiger charge is -2.24. The van der Waals surface area contributed by atoms with E-state index in [9.17, 15) is 0 Å². The van der Waals surface area contributed by atoms with E-state index in [1.807, 2.05) is 42.9 Å². The molecule has 3 aromatic heterocycles. The Morgan fingerprint density at radius 3 is 2.44 bits per heavy atom. The largest absolute Gasteiger partial charge is 0.351 e. The highest BCUT2D eigenvalue weighted by atomic mass is 15.2. The smallest absolute Gasteiger partial charge is 0.128 e. The molecule has 4 nitrogen and oxygen atoms in total. The molecule has 27 heavy (non-hydrogen) atoms. The van der Waals surface area contributed by atoms with E-state index in [0.29, 0.717) is 0 Å². The Labute approximate surface area is 162 Å². The number of rotatable bonds is 9. The van der Waals surface area contributed by atoms with E-state index < -0.39 is 0 Å². The normalized spacial score (nSPS) is 10.7. The molecule has 0 fully saturated rings. The quantitative estimate of drug-likeness (QED) is 0.477. The first kappa shape index (κ1) is 19.0. The van der Waals surface area contributed by atoms with Crippen LogP contribution in [0.15, 0.2) is 61.1 Å². The highest BCUT2D eigenvalue weighted by molar-refractivity contribution is 5.59. The standard InChI is InChI=1S/C23H28N4/c1-3-4-5-8-16-27(18-22-19(2)10-9-15-25-22)23-13-12-20(17-26-23)21-11-6-7-14-24-21/h6-7,9-15,17H,3-5,8,16,18H2,1-2H3. The van der Waals surface area contributed by atoms with Crippen LogP contribution in [0.25, 0.3) is 11.3 Å². The molecule has 0 atom stereocenters. The number of hydrogen-bond acceptors (Lipinski definition) is 4. The number of hydrogen-bond donors (Lipinski definition) is 0.